The number of halogens is 1. The van der Waals surface area contributed by atoms with Crippen LogP contribution < -0.4 is 15.7 Å². The zero-order valence-electron chi connectivity index (χ0n) is 34.0. The number of aromatic nitrogens is 2. The predicted octanol–water partition coefficient (Wildman–Crippen LogP) is 9.17. The minimum absolute atomic E-state index is 0.0124. The summed E-state index contributed by atoms with van der Waals surface area (Å²) in [4.78, 5) is 23.4. The number of rotatable bonds is 12. The van der Waals surface area contributed by atoms with Gasteiger partial charge in [0.2, 0.25) is 0 Å². The third kappa shape index (κ3) is 8.38. The van der Waals surface area contributed by atoms with E-state index in [4.69, 9.17) is 9.41 Å². The zero-order chi connectivity index (χ0) is 41.1. The Labute approximate surface area is 345 Å². The predicted molar refractivity (Wildman–Crippen MR) is 235 cm³/mol. The molecule has 0 spiro atoms. The highest BCUT2D eigenvalue weighted by Gasteiger charge is 2.50. The van der Waals surface area contributed by atoms with Gasteiger partial charge in [-0.2, -0.15) is 0 Å². The quantitative estimate of drug-likeness (QED) is 0.125. The van der Waals surface area contributed by atoms with Crippen molar-refractivity contribution in [3.8, 4) is 22.4 Å². The summed E-state index contributed by atoms with van der Waals surface area (Å²) in [5.41, 5.74) is 5.77. The molecule has 2 atom stereocenters. The SMILES string of the molecule is CC(C)(C)[S@@](=O)N1Cc2cc(C(=O)NCc3ccccc3F)nc(-c3cccc(-c4cccnc4)c3)c2[C@H]1CCO[Si](c1ccccc1)(c1ccccc1)C(C)(C)C. The molecule has 1 N–H and O–H groups in total. The molecule has 1 aliphatic heterocycles. The van der Waals surface area contributed by atoms with Gasteiger partial charge in [0.1, 0.15) is 22.5 Å². The van der Waals surface area contributed by atoms with Crippen LogP contribution in [0.25, 0.3) is 22.4 Å². The van der Waals surface area contributed by atoms with E-state index in [2.05, 4.69) is 90.0 Å². The van der Waals surface area contributed by atoms with Gasteiger partial charge >= 0.3 is 0 Å². The molecule has 0 fully saturated rings. The molecule has 0 unspecified atom stereocenters. The monoisotopic (exact) mass is 810 g/mol. The lowest BCUT2D eigenvalue weighted by Gasteiger charge is -2.43. The van der Waals surface area contributed by atoms with Gasteiger partial charge in [0.15, 0.2) is 0 Å². The Morgan fingerprint density at radius 2 is 1.47 bits per heavy atom. The highest BCUT2D eigenvalue weighted by molar-refractivity contribution is 7.84. The van der Waals surface area contributed by atoms with Crippen LogP contribution in [0.2, 0.25) is 5.04 Å². The molecule has 7 rings (SSSR count). The second-order valence-corrected chi connectivity index (χ2v) is 23.3. The summed E-state index contributed by atoms with van der Waals surface area (Å²) in [5.74, 6) is -0.807. The van der Waals surface area contributed by atoms with Gasteiger partial charge in [0.05, 0.1) is 16.5 Å². The largest absolute Gasteiger partial charge is 0.407 e. The first kappa shape index (κ1) is 41.0. The average Bonchev–Trinajstić information content (AvgIpc) is 3.59. The van der Waals surface area contributed by atoms with Crippen LogP contribution in [0.15, 0.2) is 140 Å². The second-order valence-electron chi connectivity index (χ2n) is 16.8. The van der Waals surface area contributed by atoms with E-state index >= 15 is 0 Å². The summed E-state index contributed by atoms with van der Waals surface area (Å²) < 4.78 is 38.0. The Bertz CT molecular complexity index is 2360. The molecule has 2 aromatic heterocycles. The second kappa shape index (κ2) is 17.0. The van der Waals surface area contributed by atoms with E-state index in [1.807, 2.05) is 75.5 Å². The van der Waals surface area contributed by atoms with E-state index in [0.29, 0.717) is 30.8 Å². The summed E-state index contributed by atoms with van der Waals surface area (Å²) in [5, 5.41) is 5.05. The van der Waals surface area contributed by atoms with E-state index in [9.17, 15) is 13.4 Å². The standard InChI is InChI=1S/C48H51FN4O3SSi/c1-47(2,3)57(55)53-33-38-30-42(46(54)51-32-37-17-13-14-25-41(37)49)52-45(35-19-15-18-34(29-35)36-20-16-27-50-31-36)44(38)43(53)26-28-56-58(48(4,5)6,39-21-9-7-10-22-39)40-23-11-8-12-24-40/h7-25,27,29-31,43H,26,28,32-33H2,1-6H3,(H,51,54)/t43-,57-/m1/s1. The molecular weight excluding hydrogens is 760 g/mol. The van der Waals surface area contributed by atoms with Crippen molar-refractivity contribution in [1.82, 2.24) is 19.6 Å². The van der Waals surface area contributed by atoms with Crippen molar-refractivity contribution < 1.29 is 17.8 Å². The molecule has 7 nitrogen and oxygen atoms in total. The van der Waals surface area contributed by atoms with E-state index in [-0.39, 0.29) is 29.1 Å². The average molecular weight is 811 g/mol. The van der Waals surface area contributed by atoms with Crippen molar-refractivity contribution in [3.05, 3.63) is 168 Å². The van der Waals surface area contributed by atoms with Crippen LogP contribution in [0.5, 0.6) is 0 Å². The van der Waals surface area contributed by atoms with Crippen LogP contribution in [0.3, 0.4) is 0 Å². The molecule has 4 aromatic carbocycles. The molecular formula is C48H51FN4O3SSi. The minimum atomic E-state index is -2.88. The van der Waals surface area contributed by atoms with E-state index in [1.165, 1.54) is 16.4 Å². The Balaban J connectivity index is 1.33. The lowest BCUT2D eigenvalue weighted by atomic mass is 9.94. The number of benzene rings is 4. The number of hydrogen-bond donors (Lipinski definition) is 1. The maximum absolute atomic E-state index is 14.6. The summed E-state index contributed by atoms with van der Waals surface area (Å²) in [6.07, 6.45) is 4.10. The van der Waals surface area contributed by atoms with Gasteiger partial charge in [-0.05, 0) is 78.0 Å². The number of nitrogens with zero attached hydrogens (tertiary/aromatic N) is 3. The summed E-state index contributed by atoms with van der Waals surface area (Å²) >= 11 is 0. The van der Waals surface area contributed by atoms with Crippen LogP contribution in [0, 0.1) is 5.82 Å². The minimum Gasteiger partial charge on any atom is -0.407 e. The molecule has 0 saturated carbocycles. The van der Waals surface area contributed by atoms with Crippen molar-refractivity contribution in [2.75, 3.05) is 6.61 Å². The van der Waals surface area contributed by atoms with Gasteiger partial charge < -0.3 is 9.74 Å². The van der Waals surface area contributed by atoms with Crippen LogP contribution in [0.1, 0.15) is 81.2 Å². The van der Waals surface area contributed by atoms with Crippen molar-refractivity contribution in [2.24, 2.45) is 0 Å². The summed E-state index contributed by atoms with van der Waals surface area (Å²) in [7, 11) is -4.30. The normalized spacial score (nSPS) is 15.2. The van der Waals surface area contributed by atoms with Crippen molar-refractivity contribution in [1.29, 1.82) is 0 Å². The zero-order valence-corrected chi connectivity index (χ0v) is 35.9. The topological polar surface area (TPSA) is 84.4 Å². The van der Waals surface area contributed by atoms with Gasteiger partial charge in [-0.3, -0.25) is 9.78 Å². The lowest BCUT2D eigenvalue weighted by molar-refractivity contribution is 0.0945. The van der Waals surface area contributed by atoms with Crippen LogP contribution in [0.4, 0.5) is 4.39 Å². The maximum atomic E-state index is 14.6. The number of nitrogens with one attached hydrogen (secondary N) is 1. The summed E-state index contributed by atoms with van der Waals surface area (Å²) in [6.45, 7) is 13.5. The Morgan fingerprint density at radius 3 is 2.09 bits per heavy atom. The number of carbonyl (C=O) groups excluding carboxylic acids is 1. The highest BCUT2D eigenvalue weighted by atomic mass is 32.2. The molecule has 58 heavy (non-hydrogen) atoms. The van der Waals surface area contributed by atoms with Gasteiger partial charge in [0.25, 0.3) is 14.2 Å². The molecule has 6 aromatic rings. The molecule has 298 valence electrons. The molecule has 1 aliphatic rings. The maximum Gasteiger partial charge on any atom is 0.270 e. The van der Waals surface area contributed by atoms with Crippen molar-refractivity contribution >= 4 is 35.6 Å². The first-order valence-electron chi connectivity index (χ1n) is 19.8. The van der Waals surface area contributed by atoms with Crippen molar-refractivity contribution in [3.63, 3.8) is 0 Å². The van der Waals surface area contributed by atoms with Gasteiger partial charge in [-0.25, -0.2) is 17.9 Å². The first-order valence-corrected chi connectivity index (χ1v) is 22.8. The smallest absolute Gasteiger partial charge is 0.270 e. The molecule has 3 heterocycles. The number of pyridine rings is 2. The van der Waals surface area contributed by atoms with Crippen LogP contribution >= 0.6 is 0 Å². The molecule has 1 amide bonds. The number of carbonyl (C=O) groups is 1. The van der Waals surface area contributed by atoms with Crippen LogP contribution in [-0.4, -0.2) is 44.1 Å². The first-order chi connectivity index (χ1) is 27.8. The number of hydrogen-bond acceptors (Lipinski definition) is 5. The number of fused-ring (bicyclic) bond motifs is 1. The Hall–Kier alpha value is -5.13. The van der Waals surface area contributed by atoms with Gasteiger partial charge in [-0.15, -0.1) is 0 Å². The van der Waals surface area contributed by atoms with Crippen LogP contribution in [-0.2, 0) is 28.5 Å². The fraction of sp³-hybridized carbons (Fsp3) is 0.271. The highest BCUT2D eigenvalue weighted by Crippen LogP contribution is 2.45. The molecule has 10 heteroatoms. The van der Waals surface area contributed by atoms with E-state index in [1.54, 1.807) is 24.4 Å². The fourth-order valence-corrected chi connectivity index (χ4v) is 14.0. The summed E-state index contributed by atoms with van der Waals surface area (Å²) in [6, 6.07) is 41.0. The van der Waals surface area contributed by atoms with E-state index in [0.717, 1.165) is 27.8 Å². The number of amides is 1. The fourth-order valence-electron chi connectivity index (χ4n) is 8.06. The molecule has 0 bridgehead atoms. The lowest BCUT2D eigenvalue weighted by Crippen LogP contribution is -2.66. The van der Waals surface area contributed by atoms with Gasteiger partial charge in [0, 0.05) is 54.3 Å². The van der Waals surface area contributed by atoms with Crippen molar-refractivity contribution in [2.45, 2.75) is 76.9 Å². The van der Waals surface area contributed by atoms with E-state index < -0.39 is 30.0 Å². The Morgan fingerprint density at radius 1 is 0.828 bits per heavy atom. The molecule has 0 aliphatic carbocycles. The molecule has 0 radical (unpaired) electrons. The van der Waals surface area contributed by atoms with Gasteiger partial charge in [-0.1, -0.05) is 124 Å². The third-order valence-corrected chi connectivity index (χ3v) is 17.7. The Kier molecular flexibility index (Phi) is 12.0. The third-order valence-electron chi connectivity index (χ3n) is 10.8. The molecule has 0 saturated heterocycles.